The minimum atomic E-state index is -0.459. The molecule has 0 N–H and O–H groups in total. The minimum Gasteiger partial charge on any atom is -0.299 e. The maximum atomic E-state index is 12.6. The van der Waals surface area contributed by atoms with Crippen LogP contribution in [0, 0.1) is 17.1 Å². The molecule has 0 saturated carbocycles. The summed E-state index contributed by atoms with van der Waals surface area (Å²) in [6.45, 7) is 0. The number of hydrogen-bond acceptors (Lipinski definition) is 2. The molecule has 0 fully saturated rings. The number of carbonyl (C=O) groups is 1. The van der Waals surface area contributed by atoms with Gasteiger partial charge in [-0.1, -0.05) is 12.1 Å². The van der Waals surface area contributed by atoms with Gasteiger partial charge in [-0.05, 0) is 23.8 Å². The zero-order valence-corrected chi connectivity index (χ0v) is 6.70. The van der Waals surface area contributed by atoms with Crippen LogP contribution in [0.4, 0.5) is 4.39 Å². The molecule has 0 saturated heterocycles. The molecule has 13 heavy (non-hydrogen) atoms. The molecular weight excluding hydrogens is 169 g/mol. The lowest BCUT2D eigenvalue weighted by molar-refractivity contribution is -0.104. The number of allylic oxidation sites excluding steroid dienone is 1. The number of nitrogens with zero attached hydrogens (tertiary/aromatic N) is 1. The monoisotopic (exact) mass is 175 g/mol. The predicted octanol–water partition coefficient (Wildman–Crippen LogP) is 1.91. The normalized spacial score (nSPS) is 9.85. The first-order chi connectivity index (χ1) is 6.27. The molecular formula is C10H6FNO. The molecule has 0 unspecified atom stereocenters. The molecule has 2 nitrogen and oxygen atoms in total. The van der Waals surface area contributed by atoms with Gasteiger partial charge in [-0.15, -0.1) is 0 Å². The minimum absolute atomic E-state index is 0.220. The largest absolute Gasteiger partial charge is 0.299 e. The highest BCUT2D eigenvalue weighted by molar-refractivity contribution is 5.75. The van der Waals surface area contributed by atoms with Crippen molar-refractivity contribution in [2.24, 2.45) is 0 Å². The van der Waals surface area contributed by atoms with Gasteiger partial charge in [-0.25, -0.2) is 4.39 Å². The Bertz CT molecular complexity index is 390. The molecule has 0 aromatic heterocycles. The van der Waals surface area contributed by atoms with Crippen LogP contribution in [0.3, 0.4) is 0 Å². The van der Waals surface area contributed by atoms with Crippen LogP contribution in [0.1, 0.15) is 11.1 Å². The number of rotatable bonds is 2. The Hall–Kier alpha value is -1.95. The number of carbonyl (C=O) groups excluding carboxylic acids is 1. The third kappa shape index (κ3) is 2.24. The first-order valence-corrected chi connectivity index (χ1v) is 3.59. The number of nitriles is 1. The Labute approximate surface area is 74.9 Å². The second kappa shape index (κ2) is 4.17. The van der Waals surface area contributed by atoms with Crippen molar-refractivity contribution >= 4 is 12.4 Å². The van der Waals surface area contributed by atoms with E-state index in [9.17, 15) is 9.18 Å². The Morgan fingerprint density at radius 1 is 1.46 bits per heavy atom. The van der Waals surface area contributed by atoms with Crippen LogP contribution in [0.5, 0.6) is 0 Å². The van der Waals surface area contributed by atoms with Crippen molar-refractivity contribution in [2.75, 3.05) is 0 Å². The highest BCUT2D eigenvalue weighted by Gasteiger charge is 1.99. The van der Waals surface area contributed by atoms with E-state index >= 15 is 0 Å². The molecule has 1 aromatic rings. The van der Waals surface area contributed by atoms with E-state index in [1.54, 1.807) is 0 Å². The molecule has 0 aliphatic rings. The molecule has 0 aliphatic heterocycles. The lowest BCUT2D eigenvalue weighted by Gasteiger charge is -1.95. The maximum Gasteiger partial charge on any atom is 0.142 e. The highest BCUT2D eigenvalue weighted by atomic mass is 19.1. The lowest BCUT2D eigenvalue weighted by atomic mass is 10.1. The van der Waals surface area contributed by atoms with Gasteiger partial charge in [-0.2, -0.15) is 5.26 Å². The summed E-state index contributed by atoms with van der Waals surface area (Å²) in [6, 6.07) is 5.66. The van der Waals surface area contributed by atoms with E-state index in [2.05, 4.69) is 0 Å². The third-order valence-corrected chi connectivity index (χ3v) is 1.49. The van der Waals surface area contributed by atoms with Gasteiger partial charge in [-0.3, -0.25) is 4.79 Å². The Balaban J connectivity index is 3.15. The topological polar surface area (TPSA) is 40.9 Å². The van der Waals surface area contributed by atoms with Crippen LogP contribution >= 0.6 is 0 Å². The quantitative estimate of drug-likeness (QED) is 0.508. The Morgan fingerprint density at radius 3 is 2.85 bits per heavy atom. The summed E-state index contributed by atoms with van der Waals surface area (Å²) >= 11 is 0. The summed E-state index contributed by atoms with van der Waals surface area (Å²) in [4.78, 5) is 10.0. The average molecular weight is 175 g/mol. The summed E-state index contributed by atoms with van der Waals surface area (Å²) < 4.78 is 12.6. The summed E-state index contributed by atoms with van der Waals surface area (Å²) in [7, 11) is 0. The zero-order valence-electron chi connectivity index (χ0n) is 6.70. The van der Waals surface area contributed by atoms with Crippen LogP contribution in [0.15, 0.2) is 24.3 Å². The molecule has 0 spiro atoms. The van der Waals surface area contributed by atoms with E-state index in [1.165, 1.54) is 24.3 Å². The van der Waals surface area contributed by atoms with Gasteiger partial charge in [0.2, 0.25) is 0 Å². The smallest absolute Gasteiger partial charge is 0.142 e. The van der Waals surface area contributed by atoms with Gasteiger partial charge >= 0.3 is 0 Å². The second-order valence-corrected chi connectivity index (χ2v) is 2.34. The molecule has 1 rings (SSSR count). The molecule has 0 heterocycles. The van der Waals surface area contributed by atoms with Gasteiger partial charge in [0.1, 0.15) is 12.1 Å². The van der Waals surface area contributed by atoms with E-state index in [0.717, 1.165) is 6.07 Å². The third-order valence-electron chi connectivity index (χ3n) is 1.49. The zero-order chi connectivity index (χ0) is 9.68. The van der Waals surface area contributed by atoms with E-state index in [0.29, 0.717) is 11.8 Å². The number of aldehydes is 1. The number of benzene rings is 1. The lowest BCUT2D eigenvalue weighted by Crippen LogP contribution is -1.84. The Morgan fingerprint density at radius 2 is 2.23 bits per heavy atom. The van der Waals surface area contributed by atoms with E-state index < -0.39 is 5.82 Å². The molecule has 1 aromatic carbocycles. The summed E-state index contributed by atoms with van der Waals surface area (Å²) in [6.07, 6.45) is 3.32. The summed E-state index contributed by atoms with van der Waals surface area (Å²) in [5.74, 6) is -0.459. The van der Waals surface area contributed by atoms with Crippen LogP contribution in [0.25, 0.3) is 6.08 Å². The average Bonchev–Trinajstić information content (AvgIpc) is 2.16. The first kappa shape index (κ1) is 9.14. The predicted molar refractivity (Wildman–Crippen MR) is 46.2 cm³/mol. The molecule has 64 valence electrons. The van der Waals surface area contributed by atoms with Crippen LogP contribution in [-0.4, -0.2) is 6.29 Å². The van der Waals surface area contributed by atoms with E-state index in [-0.39, 0.29) is 5.56 Å². The van der Waals surface area contributed by atoms with Crippen LogP contribution < -0.4 is 0 Å². The number of halogens is 1. The maximum absolute atomic E-state index is 12.6. The van der Waals surface area contributed by atoms with Crippen LogP contribution in [-0.2, 0) is 4.79 Å². The van der Waals surface area contributed by atoms with E-state index in [4.69, 9.17) is 5.26 Å². The molecule has 0 atom stereocenters. The van der Waals surface area contributed by atoms with Gasteiger partial charge < -0.3 is 0 Å². The number of hydrogen-bond donors (Lipinski definition) is 0. The van der Waals surface area contributed by atoms with Gasteiger partial charge in [0.05, 0.1) is 11.6 Å². The van der Waals surface area contributed by atoms with Crippen molar-refractivity contribution in [2.45, 2.75) is 0 Å². The van der Waals surface area contributed by atoms with Crippen molar-refractivity contribution in [1.29, 1.82) is 5.26 Å². The first-order valence-electron chi connectivity index (χ1n) is 3.59. The van der Waals surface area contributed by atoms with Crippen molar-refractivity contribution < 1.29 is 9.18 Å². The van der Waals surface area contributed by atoms with Crippen molar-refractivity contribution in [3.05, 3.63) is 41.2 Å². The van der Waals surface area contributed by atoms with E-state index in [1.807, 2.05) is 6.07 Å². The highest BCUT2D eigenvalue weighted by Crippen LogP contribution is 2.11. The fourth-order valence-corrected chi connectivity index (χ4v) is 0.914. The van der Waals surface area contributed by atoms with Gasteiger partial charge in [0.25, 0.3) is 0 Å². The van der Waals surface area contributed by atoms with Gasteiger partial charge in [0.15, 0.2) is 0 Å². The molecule has 0 aliphatic carbocycles. The van der Waals surface area contributed by atoms with Gasteiger partial charge in [0, 0.05) is 0 Å². The standard InChI is InChI=1S/C10H6FNO/c11-10-4-3-8(2-1-5-13)9(6-10)7-12/h1-6H. The second-order valence-electron chi connectivity index (χ2n) is 2.34. The SMILES string of the molecule is N#Cc1cc(F)ccc1C=CC=O. The summed E-state index contributed by atoms with van der Waals surface area (Å²) in [5, 5.41) is 8.60. The fourth-order valence-electron chi connectivity index (χ4n) is 0.914. The van der Waals surface area contributed by atoms with Crippen molar-refractivity contribution in [3.8, 4) is 6.07 Å². The molecule has 0 radical (unpaired) electrons. The fraction of sp³-hybridized carbons (Fsp3) is 0. The molecule has 0 bridgehead atoms. The van der Waals surface area contributed by atoms with Crippen molar-refractivity contribution in [1.82, 2.24) is 0 Å². The Kier molecular flexibility index (Phi) is 2.93. The molecule has 0 amide bonds. The van der Waals surface area contributed by atoms with Crippen molar-refractivity contribution in [3.63, 3.8) is 0 Å². The van der Waals surface area contributed by atoms with Crippen LogP contribution in [0.2, 0.25) is 0 Å². The molecule has 3 heteroatoms. The summed E-state index contributed by atoms with van der Waals surface area (Å²) in [5.41, 5.74) is 0.758.